The van der Waals surface area contributed by atoms with Gasteiger partial charge in [-0.15, -0.1) is 0 Å². The van der Waals surface area contributed by atoms with Gasteiger partial charge in [0.1, 0.15) is 0 Å². The van der Waals surface area contributed by atoms with Crippen LogP contribution in [0.3, 0.4) is 0 Å². The van der Waals surface area contributed by atoms with E-state index in [0.717, 1.165) is 27.1 Å². The summed E-state index contributed by atoms with van der Waals surface area (Å²) < 4.78 is 31.0. The minimum Gasteiger partial charge on any atom is -0.238 e. The summed E-state index contributed by atoms with van der Waals surface area (Å²) in [5.41, 5.74) is 4.18. The molecule has 7 heteroatoms. The van der Waals surface area contributed by atoms with E-state index in [0.29, 0.717) is 6.42 Å². The number of sulfonamides is 1. The Labute approximate surface area is 179 Å². The number of halogens is 1. The van der Waals surface area contributed by atoms with E-state index in [1.54, 1.807) is 30.3 Å². The average molecular weight is 472 g/mol. The second-order valence-electron chi connectivity index (χ2n) is 7.24. The van der Waals surface area contributed by atoms with E-state index >= 15 is 0 Å². The quantitative estimate of drug-likeness (QED) is 0.551. The zero-order chi connectivity index (χ0) is 20.6. The third-order valence-electron chi connectivity index (χ3n) is 5.21. The number of benzene rings is 2. The third kappa shape index (κ3) is 4.08. The van der Waals surface area contributed by atoms with E-state index in [-0.39, 0.29) is 16.9 Å². The lowest BCUT2D eigenvalue weighted by molar-refractivity contribution is 0.563. The number of hydrogen-bond donors (Lipinski definition) is 1. The van der Waals surface area contributed by atoms with Crippen LogP contribution in [0.2, 0.25) is 0 Å². The molecular formula is C22H22BrN3O2S. The van der Waals surface area contributed by atoms with Crippen molar-refractivity contribution in [2.75, 3.05) is 0 Å². The van der Waals surface area contributed by atoms with Gasteiger partial charge in [0.05, 0.1) is 16.3 Å². The van der Waals surface area contributed by atoms with Crippen molar-refractivity contribution in [1.82, 2.24) is 14.5 Å². The fourth-order valence-corrected chi connectivity index (χ4v) is 5.53. The first-order valence-corrected chi connectivity index (χ1v) is 11.7. The van der Waals surface area contributed by atoms with Crippen molar-refractivity contribution in [3.63, 3.8) is 0 Å². The lowest BCUT2D eigenvalue weighted by atomic mass is 9.96. The van der Waals surface area contributed by atoms with Crippen molar-refractivity contribution < 1.29 is 8.42 Å². The van der Waals surface area contributed by atoms with E-state index in [1.807, 2.05) is 41.9 Å². The van der Waals surface area contributed by atoms with Gasteiger partial charge in [0, 0.05) is 27.7 Å². The molecule has 1 aliphatic carbocycles. The summed E-state index contributed by atoms with van der Waals surface area (Å²) >= 11 is 3.51. The van der Waals surface area contributed by atoms with Crippen molar-refractivity contribution in [1.29, 1.82) is 0 Å². The molecule has 29 heavy (non-hydrogen) atoms. The van der Waals surface area contributed by atoms with Crippen LogP contribution < -0.4 is 4.72 Å². The van der Waals surface area contributed by atoms with Crippen molar-refractivity contribution in [3.8, 4) is 5.69 Å². The molecule has 2 atom stereocenters. The Morgan fingerprint density at radius 1 is 1.07 bits per heavy atom. The number of aryl methyl sites for hydroxylation is 1. The molecule has 0 radical (unpaired) electrons. The van der Waals surface area contributed by atoms with Gasteiger partial charge in [-0.3, -0.25) is 0 Å². The summed E-state index contributed by atoms with van der Waals surface area (Å²) in [4.78, 5) is 0.284. The van der Waals surface area contributed by atoms with Gasteiger partial charge in [-0.25, -0.2) is 17.8 Å². The number of allylic oxidation sites excluding steroid dienone is 1. The molecule has 0 aliphatic heterocycles. The van der Waals surface area contributed by atoms with Gasteiger partial charge in [-0.1, -0.05) is 52.3 Å². The molecule has 1 N–H and O–H groups in total. The Kier molecular flexibility index (Phi) is 5.46. The maximum absolute atomic E-state index is 12.6. The Balaban J connectivity index is 1.55. The highest BCUT2D eigenvalue weighted by atomic mass is 79.9. The van der Waals surface area contributed by atoms with Crippen LogP contribution in [0.5, 0.6) is 0 Å². The van der Waals surface area contributed by atoms with Gasteiger partial charge in [-0.05, 0) is 50.6 Å². The molecule has 150 valence electrons. The lowest BCUT2D eigenvalue weighted by Crippen LogP contribution is -2.32. The van der Waals surface area contributed by atoms with Crippen LogP contribution in [-0.4, -0.2) is 24.2 Å². The number of nitrogens with one attached hydrogen (secondary N) is 1. The maximum Gasteiger partial charge on any atom is 0.241 e. The molecule has 1 aliphatic rings. The van der Waals surface area contributed by atoms with Gasteiger partial charge in [0.25, 0.3) is 0 Å². The maximum atomic E-state index is 12.6. The van der Waals surface area contributed by atoms with Crippen LogP contribution in [0.25, 0.3) is 5.69 Å². The molecule has 1 heterocycles. The average Bonchev–Trinajstić information content (AvgIpc) is 3.25. The van der Waals surface area contributed by atoms with E-state index in [4.69, 9.17) is 5.10 Å². The molecule has 2 aromatic carbocycles. The fourth-order valence-electron chi connectivity index (χ4n) is 3.92. The Morgan fingerprint density at radius 2 is 1.83 bits per heavy atom. The normalized spacial score (nSPS) is 19.0. The number of nitrogens with zero attached hydrogens (tertiary/aromatic N) is 2. The molecule has 0 spiro atoms. The summed E-state index contributed by atoms with van der Waals surface area (Å²) in [5, 5.41) is 4.74. The monoisotopic (exact) mass is 471 g/mol. The molecule has 1 aromatic heterocycles. The van der Waals surface area contributed by atoms with Crippen LogP contribution in [-0.2, 0) is 10.0 Å². The smallest absolute Gasteiger partial charge is 0.238 e. The number of hydrogen-bond acceptors (Lipinski definition) is 3. The Bertz CT molecular complexity index is 1170. The molecule has 0 unspecified atom stereocenters. The van der Waals surface area contributed by atoms with Gasteiger partial charge in [-0.2, -0.15) is 5.10 Å². The van der Waals surface area contributed by atoms with Gasteiger partial charge >= 0.3 is 0 Å². The number of aromatic nitrogens is 2. The summed E-state index contributed by atoms with van der Waals surface area (Å²) in [6, 6.07) is 16.3. The van der Waals surface area contributed by atoms with Crippen LogP contribution in [0.15, 0.2) is 76.1 Å². The van der Waals surface area contributed by atoms with E-state index in [2.05, 4.69) is 33.7 Å². The highest BCUT2D eigenvalue weighted by Crippen LogP contribution is 2.34. The van der Waals surface area contributed by atoms with Crippen molar-refractivity contribution in [2.45, 2.75) is 37.1 Å². The van der Waals surface area contributed by atoms with E-state index < -0.39 is 10.0 Å². The minimum atomic E-state index is -3.54. The first kappa shape index (κ1) is 20.1. The first-order valence-electron chi connectivity index (χ1n) is 9.43. The topological polar surface area (TPSA) is 64.0 Å². The highest BCUT2D eigenvalue weighted by Gasteiger charge is 2.29. The molecule has 0 amide bonds. The standard InChI is InChI=1S/C22H22BrN3O2S/c1-15-22(16(2)26(24-15)20-8-6-7-18(23)14-20)17-11-12-19(13-17)25-29(27,28)21-9-4-3-5-10-21/h3-12,14,17,19,25H,13H2,1-2H3/t17-,19+/m0/s1. The van der Waals surface area contributed by atoms with Crippen LogP contribution in [0.4, 0.5) is 0 Å². The molecule has 4 rings (SSSR count). The molecule has 5 nitrogen and oxygen atoms in total. The van der Waals surface area contributed by atoms with Gasteiger partial charge < -0.3 is 0 Å². The molecule has 0 fully saturated rings. The van der Waals surface area contributed by atoms with Gasteiger partial charge in [0.2, 0.25) is 10.0 Å². The number of rotatable bonds is 5. The summed E-state index contributed by atoms with van der Waals surface area (Å²) in [6.07, 6.45) is 4.71. The summed E-state index contributed by atoms with van der Waals surface area (Å²) in [7, 11) is -3.54. The second kappa shape index (κ2) is 7.89. The largest absolute Gasteiger partial charge is 0.241 e. The summed E-state index contributed by atoms with van der Waals surface area (Å²) in [5.74, 6) is 0.124. The first-order chi connectivity index (χ1) is 13.8. The van der Waals surface area contributed by atoms with E-state index in [9.17, 15) is 8.42 Å². The summed E-state index contributed by atoms with van der Waals surface area (Å²) in [6.45, 7) is 4.07. The molecule has 3 aromatic rings. The predicted octanol–water partition coefficient (Wildman–Crippen LogP) is 4.64. The predicted molar refractivity (Wildman–Crippen MR) is 118 cm³/mol. The SMILES string of the molecule is Cc1nn(-c2cccc(Br)c2)c(C)c1[C@H]1C=C[C@@H](NS(=O)(=O)c2ccccc2)C1. The van der Waals surface area contributed by atoms with Crippen LogP contribution >= 0.6 is 15.9 Å². The molecular weight excluding hydrogens is 450 g/mol. The second-order valence-corrected chi connectivity index (χ2v) is 9.87. The Hall–Kier alpha value is -2.22. The lowest BCUT2D eigenvalue weighted by Gasteiger charge is -2.15. The molecule has 0 saturated carbocycles. The van der Waals surface area contributed by atoms with E-state index in [1.165, 1.54) is 0 Å². The van der Waals surface area contributed by atoms with Crippen LogP contribution in [0.1, 0.15) is 29.3 Å². The molecule has 0 saturated heterocycles. The Morgan fingerprint density at radius 3 is 2.55 bits per heavy atom. The third-order valence-corrected chi connectivity index (χ3v) is 7.21. The fraction of sp³-hybridized carbons (Fsp3) is 0.227. The highest BCUT2D eigenvalue weighted by molar-refractivity contribution is 9.10. The zero-order valence-electron chi connectivity index (χ0n) is 16.2. The van der Waals surface area contributed by atoms with Crippen LogP contribution in [0, 0.1) is 13.8 Å². The molecule has 0 bridgehead atoms. The minimum absolute atomic E-state index is 0.124. The van der Waals surface area contributed by atoms with Crippen molar-refractivity contribution >= 4 is 26.0 Å². The zero-order valence-corrected chi connectivity index (χ0v) is 18.6. The van der Waals surface area contributed by atoms with Crippen molar-refractivity contribution in [2.24, 2.45) is 0 Å². The van der Waals surface area contributed by atoms with Gasteiger partial charge in [0.15, 0.2) is 0 Å². The van der Waals surface area contributed by atoms with Crippen molar-refractivity contribution in [3.05, 3.63) is 88.2 Å².